The Kier molecular flexibility index (Phi) is 11.6. The highest BCUT2D eigenvalue weighted by molar-refractivity contribution is 7.99. The molecule has 2 aromatic rings. The van der Waals surface area contributed by atoms with Gasteiger partial charge in [-0.3, -0.25) is 9.59 Å². The average Bonchev–Trinajstić information content (AvgIpc) is 2.87. The molecule has 0 unspecified atom stereocenters. The number of thioether (sulfide) groups is 1. The van der Waals surface area contributed by atoms with Gasteiger partial charge in [-0.2, -0.15) is 0 Å². The molecule has 1 heterocycles. The molecule has 0 aromatic heterocycles. The maximum Gasteiger partial charge on any atom is 0.285 e. The molecule has 37 heavy (non-hydrogen) atoms. The third-order valence-electron chi connectivity index (χ3n) is 5.38. The van der Waals surface area contributed by atoms with E-state index in [2.05, 4.69) is 12.0 Å². The van der Waals surface area contributed by atoms with Gasteiger partial charge in [0.15, 0.2) is 0 Å². The molecule has 1 aliphatic heterocycles. The minimum absolute atomic E-state index is 0.0466. The van der Waals surface area contributed by atoms with Crippen LogP contribution in [0, 0.1) is 0 Å². The van der Waals surface area contributed by atoms with Crippen LogP contribution >= 0.6 is 11.8 Å². The zero-order valence-corrected chi connectivity index (χ0v) is 22.0. The first kappa shape index (κ1) is 29.8. The topological polar surface area (TPSA) is 134 Å². The summed E-state index contributed by atoms with van der Waals surface area (Å²) in [5, 5.41) is 4.67. The van der Waals surface area contributed by atoms with E-state index in [9.17, 15) is 18.4 Å². The van der Waals surface area contributed by atoms with Crippen LogP contribution in [0.4, 0.5) is 20.2 Å². The number of nitrogens with zero attached hydrogens (tertiary/aromatic N) is 4. The molecular weight excluding hydrogens is 500 g/mol. The Labute approximate surface area is 220 Å². The quantitative estimate of drug-likeness (QED) is 0.112. The number of carbonyl (C=O) groups excluding carboxylic acids is 2. The molecule has 1 saturated heterocycles. The Bertz CT molecular complexity index is 1060. The van der Waals surface area contributed by atoms with Gasteiger partial charge >= 0.3 is 0 Å². The van der Waals surface area contributed by atoms with Gasteiger partial charge in [-0.15, -0.1) is 16.9 Å². The smallest absolute Gasteiger partial charge is 0.285 e. The molecule has 202 valence electrons. The van der Waals surface area contributed by atoms with E-state index in [1.165, 1.54) is 4.90 Å². The first-order valence-corrected chi connectivity index (χ1v) is 12.8. The van der Waals surface area contributed by atoms with Crippen LogP contribution in [0.2, 0.25) is 0 Å². The molecule has 2 amide bonds. The van der Waals surface area contributed by atoms with Crippen LogP contribution in [-0.4, -0.2) is 55.1 Å². The van der Waals surface area contributed by atoms with Crippen molar-refractivity contribution < 1.29 is 18.4 Å². The van der Waals surface area contributed by atoms with Gasteiger partial charge in [0.1, 0.15) is 0 Å². The summed E-state index contributed by atoms with van der Waals surface area (Å²) in [7, 11) is 1.69. The van der Waals surface area contributed by atoms with Gasteiger partial charge in [-0.25, -0.2) is 19.7 Å². The molecule has 0 atom stereocenters. The minimum atomic E-state index is -2.63. The molecule has 1 fully saturated rings. The van der Waals surface area contributed by atoms with Crippen LogP contribution < -0.4 is 27.1 Å². The van der Waals surface area contributed by atoms with Crippen LogP contribution in [0.25, 0.3) is 0 Å². The van der Waals surface area contributed by atoms with Gasteiger partial charge in [-0.05, 0) is 42.4 Å². The van der Waals surface area contributed by atoms with Gasteiger partial charge in [0.2, 0.25) is 12.2 Å². The van der Waals surface area contributed by atoms with Crippen molar-refractivity contribution in [3.63, 3.8) is 0 Å². The van der Waals surface area contributed by atoms with Gasteiger partial charge in [0.05, 0.1) is 18.8 Å². The Morgan fingerprint density at radius 1 is 1.22 bits per heavy atom. The highest BCUT2D eigenvalue weighted by Crippen LogP contribution is 2.36. The van der Waals surface area contributed by atoms with Crippen molar-refractivity contribution in [2.75, 3.05) is 35.7 Å². The number of hydrogen-bond acceptors (Lipinski definition) is 7. The summed E-state index contributed by atoms with van der Waals surface area (Å²) in [5.41, 5.74) is 12.6. The van der Waals surface area contributed by atoms with Crippen molar-refractivity contribution in [1.82, 2.24) is 5.12 Å². The standard InChI is InChI=1S/C16H22F2N2OS.C9H13N5O/c1-3-9-22-15-6-5-13(10-14(15)19(2)12-21)20-8-4-7-16(17,18)11-20;10-8(9(11)15)13-14(12)6-7-4-2-1-3-5-7/h5-6,10,12H,3-4,7-9,11H2,1-2H3;1-5H,6,12H2,(H2,10,13)(H2,11,15). The fourth-order valence-electron chi connectivity index (χ4n) is 3.55. The SMILES string of the molecule is CCCSc1ccc(N2CCCC(F)(F)C2)cc1N(C)C=O.NC(=O)/C(N)=N/N(N)Cc1ccccc1. The molecule has 0 radical (unpaired) electrons. The number of amides is 2. The van der Waals surface area contributed by atoms with Gasteiger partial charge in [0, 0.05) is 30.6 Å². The average molecular weight is 536 g/mol. The number of nitrogens with two attached hydrogens (primary N) is 3. The number of piperidine rings is 1. The number of primary amides is 1. The van der Waals surface area contributed by atoms with Crippen molar-refractivity contribution >= 4 is 41.3 Å². The number of hydrogen-bond donors (Lipinski definition) is 3. The normalized spacial score (nSPS) is 14.8. The van der Waals surface area contributed by atoms with Crippen molar-refractivity contribution in [2.45, 2.75) is 43.5 Å². The monoisotopic (exact) mass is 535 g/mol. The van der Waals surface area contributed by atoms with Crippen molar-refractivity contribution in [3.8, 4) is 0 Å². The highest BCUT2D eigenvalue weighted by atomic mass is 32.2. The molecule has 2 aromatic carbocycles. The molecule has 6 N–H and O–H groups in total. The number of benzene rings is 2. The third kappa shape index (κ3) is 9.89. The Morgan fingerprint density at radius 2 is 1.92 bits per heavy atom. The lowest BCUT2D eigenvalue weighted by atomic mass is 10.1. The van der Waals surface area contributed by atoms with Crippen LogP contribution in [0.15, 0.2) is 58.5 Å². The Balaban J connectivity index is 0.000000281. The van der Waals surface area contributed by atoms with Crippen molar-refractivity contribution in [2.24, 2.45) is 22.4 Å². The lowest BCUT2D eigenvalue weighted by Gasteiger charge is -2.34. The summed E-state index contributed by atoms with van der Waals surface area (Å²) in [6.45, 7) is 2.83. The number of halogens is 2. The van der Waals surface area contributed by atoms with Crippen molar-refractivity contribution in [1.29, 1.82) is 0 Å². The van der Waals surface area contributed by atoms with Crippen LogP contribution in [0.1, 0.15) is 31.7 Å². The lowest BCUT2D eigenvalue weighted by Crippen LogP contribution is -2.42. The van der Waals surface area contributed by atoms with Crippen LogP contribution in [0.3, 0.4) is 0 Å². The summed E-state index contributed by atoms with van der Waals surface area (Å²) in [6, 6.07) is 15.1. The number of hydrazone groups is 1. The molecular formula is C25H35F2N7O2S. The molecule has 0 spiro atoms. The fraction of sp³-hybridized carbons (Fsp3) is 0.400. The number of rotatable bonds is 9. The summed E-state index contributed by atoms with van der Waals surface area (Å²) in [4.78, 5) is 25.9. The lowest BCUT2D eigenvalue weighted by molar-refractivity contribution is -0.112. The molecule has 3 rings (SSSR count). The van der Waals surface area contributed by atoms with E-state index in [0.717, 1.165) is 45.5 Å². The third-order valence-corrected chi connectivity index (χ3v) is 6.64. The fourth-order valence-corrected chi connectivity index (χ4v) is 4.49. The van der Waals surface area contributed by atoms with E-state index < -0.39 is 11.8 Å². The Hall–Kier alpha value is -3.38. The largest absolute Gasteiger partial charge is 0.378 e. The van der Waals surface area contributed by atoms with E-state index in [1.54, 1.807) is 23.7 Å². The molecule has 1 aliphatic rings. The predicted molar refractivity (Wildman–Crippen MR) is 145 cm³/mol. The summed E-state index contributed by atoms with van der Waals surface area (Å²) in [5.74, 6) is 2.72. The first-order chi connectivity index (χ1) is 17.6. The maximum absolute atomic E-state index is 13.6. The predicted octanol–water partition coefficient (Wildman–Crippen LogP) is 3.14. The summed E-state index contributed by atoms with van der Waals surface area (Å²) < 4.78 is 27.2. The second-order valence-corrected chi connectivity index (χ2v) is 9.67. The van der Waals surface area contributed by atoms with Gasteiger partial charge in [0.25, 0.3) is 11.8 Å². The number of alkyl halides is 2. The number of anilines is 2. The van der Waals surface area contributed by atoms with Crippen LogP contribution in [0.5, 0.6) is 0 Å². The van der Waals surface area contributed by atoms with Gasteiger partial charge < -0.3 is 21.3 Å². The Morgan fingerprint density at radius 3 is 2.51 bits per heavy atom. The van der Waals surface area contributed by atoms with E-state index >= 15 is 0 Å². The van der Waals surface area contributed by atoms with E-state index in [1.807, 2.05) is 48.5 Å². The van der Waals surface area contributed by atoms with Crippen molar-refractivity contribution in [3.05, 3.63) is 54.1 Å². The summed E-state index contributed by atoms with van der Waals surface area (Å²) in [6.07, 6.45) is 2.22. The first-order valence-electron chi connectivity index (χ1n) is 11.8. The zero-order valence-electron chi connectivity index (χ0n) is 21.1. The molecule has 12 heteroatoms. The van der Waals surface area contributed by atoms with E-state index in [4.69, 9.17) is 17.3 Å². The zero-order chi connectivity index (χ0) is 27.4. The number of amidine groups is 1. The number of hydrazine groups is 1. The van der Waals surface area contributed by atoms with E-state index in [-0.39, 0.29) is 18.8 Å². The molecule has 0 bridgehead atoms. The number of carbonyl (C=O) groups is 2. The summed E-state index contributed by atoms with van der Waals surface area (Å²) >= 11 is 1.68. The molecule has 0 saturated carbocycles. The minimum Gasteiger partial charge on any atom is -0.378 e. The van der Waals surface area contributed by atoms with Crippen LogP contribution in [-0.2, 0) is 16.1 Å². The van der Waals surface area contributed by atoms with E-state index in [0.29, 0.717) is 19.5 Å². The second-order valence-electron chi connectivity index (χ2n) is 8.53. The maximum atomic E-state index is 13.6. The second kappa shape index (κ2) is 14.4. The molecule has 9 nitrogen and oxygen atoms in total. The van der Waals surface area contributed by atoms with Gasteiger partial charge in [-0.1, -0.05) is 37.3 Å². The highest BCUT2D eigenvalue weighted by Gasteiger charge is 2.35. The molecule has 0 aliphatic carbocycles.